The van der Waals surface area contributed by atoms with Crippen molar-refractivity contribution in [1.82, 2.24) is 0 Å². The van der Waals surface area contributed by atoms with Gasteiger partial charge in [-0.2, -0.15) is 11.8 Å². The number of carbonyl (C=O) groups excluding carboxylic acids is 1. The molecule has 1 unspecified atom stereocenters. The first-order valence-corrected chi connectivity index (χ1v) is 7.28. The first kappa shape index (κ1) is 15.9. The smallest absolute Gasteiger partial charge is 0.306 e. The Hall–Kier alpha value is -1.20. The molecular weight excluding hydrogens is 262 g/mol. The van der Waals surface area contributed by atoms with E-state index in [4.69, 9.17) is 10.5 Å². The normalized spacial score (nSPS) is 12.0. The molecule has 0 radical (unpaired) electrons. The number of benzene rings is 1. The summed E-state index contributed by atoms with van der Waals surface area (Å²) in [6.07, 6.45) is 0.416. The van der Waals surface area contributed by atoms with Crippen LogP contribution in [0.5, 0.6) is 5.75 Å². The number of thioether (sulfide) groups is 1. The molecule has 106 valence electrons. The third-order valence-electron chi connectivity index (χ3n) is 2.76. The van der Waals surface area contributed by atoms with Gasteiger partial charge in [-0.25, -0.2) is 0 Å². The predicted molar refractivity (Wildman–Crippen MR) is 78.6 cm³/mol. The van der Waals surface area contributed by atoms with Crippen molar-refractivity contribution in [3.63, 3.8) is 0 Å². The van der Waals surface area contributed by atoms with Gasteiger partial charge in [-0.1, -0.05) is 17.7 Å². The Morgan fingerprint density at radius 1 is 1.42 bits per heavy atom. The number of aryl methyl sites for hydroxylation is 1. The average molecular weight is 283 g/mol. The van der Waals surface area contributed by atoms with Gasteiger partial charge in [0.1, 0.15) is 5.75 Å². The second kappa shape index (κ2) is 8.07. The van der Waals surface area contributed by atoms with Gasteiger partial charge < -0.3 is 15.2 Å². The van der Waals surface area contributed by atoms with Gasteiger partial charge in [0.05, 0.1) is 20.6 Å². The van der Waals surface area contributed by atoms with E-state index in [0.29, 0.717) is 12.2 Å². The number of nitrogens with two attached hydrogens (primary N) is 1. The van der Waals surface area contributed by atoms with Crippen LogP contribution in [0.25, 0.3) is 0 Å². The van der Waals surface area contributed by atoms with E-state index in [9.17, 15) is 4.79 Å². The molecule has 0 heterocycles. The Kier molecular flexibility index (Phi) is 6.73. The summed E-state index contributed by atoms with van der Waals surface area (Å²) < 4.78 is 9.91. The van der Waals surface area contributed by atoms with E-state index in [0.717, 1.165) is 22.6 Å². The Balaban J connectivity index is 2.51. The van der Waals surface area contributed by atoms with Gasteiger partial charge in [0.15, 0.2) is 0 Å². The second-order valence-corrected chi connectivity index (χ2v) is 5.40. The molecule has 4 nitrogen and oxygen atoms in total. The maximum absolute atomic E-state index is 11.0. The minimum Gasteiger partial charge on any atom is -0.496 e. The number of ether oxygens (including phenoxy) is 2. The molecule has 1 atom stereocenters. The largest absolute Gasteiger partial charge is 0.496 e. The zero-order valence-corrected chi connectivity index (χ0v) is 12.5. The molecular formula is C14H21NO3S. The van der Waals surface area contributed by atoms with E-state index in [1.165, 1.54) is 7.11 Å². The summed E-state index contributed by atoms with van der Waals surface area (Å²) in [6.45, 7) is 2.03. The molecule has 1 rings (SSSR count). The van der Waals surface area contributed by atoms with Crippen LogP contribution in [0.1, 0.15) is 23.6 Å². The van der Waals surface area contributed by atoms with Gasteiger partial charge in [0.25, 0.3) is 0 Å². The van der Waals surface area contributed by atoms with Crippen molar-refractivity contribution in [1.29, 1.82) is 0 Å². The van der Waals surface area contributed by atoms with Gasteiger partial charge in [-0.15, -0.1) is 0 Å². The number of carbonyl (C=O) groups is 1. The van der Waals surface area contributed by atoms with Crippen molar-refractivity contribution in [2.45, 2.75) is 19.4 Å². The summed E-state index contributed by atoms with van der Waals surface area (Å²) in [5, 5.41) is 0. The van der Waals surface area contributed by atoms with Crippen LogP contribution in [0.3, 0.4) is 0 Å². The molecule has 1 aromatic carbocycles. The fourth-order valence-corrected chi connectivity index (χ4v) is 2.61. The molecule has 0 saturated heterocycles. The summed E-state index contributed by atoms with van der Waals surface area (Å²) in [5.41, 5.74) is 8.34. The number of hydrogen-bond donors (Lipinski definition) is 1. The van der Waals surface area contributed by atoms with Crippen molar-refractivity contribution >= 4 is 17.7 Å². The average Bonchev–Trinajstić information content (AvgIpc) is 2.42. The molecule has 0 aliphatic heterocycles. The van der Waals surface area contributed by atoms with E-state index < -0.39 is 0 Å². The Labute approximate surface area is 118 Å². The first-order chi connectivity index (χ1) is 9.08. The highest BCUT2D eigenvalue weighted by Crippen LogP contribution is 2.27. The van der Waals surface area contributed by atoms with Crippen LogP contribution in [0.4, 0.5) is 0 Å². The third-order valence-corrected chi connectivity index (χ3v) is 3.85. The molecule has 0 aliphatic carbocycles. The molecule has 19 heavy (non-hydrogen) atoms. The number of esters is 1. The lowest BCUT2D eigenvalue weighted by atomic mass is 10.1. The standard InChI is InChI=1S/C14H21NO3S/c1-10-4-5-13(17-2)11(8-10)12(15)9-19-7-6-14(16)18-3/h4-5,8,12H,6-7,9,15H2,1-3H3. The van der Waals surface area contributed by atoms with Crippen LogP contribution in [0.15, 0.2) is 18.2 Å². The van der Waals surface area contributed by atoms with Crippen molar-refractivity contribution in [2.75, 3.05) is 25.7 Å². The highest BCUT2D eigenvalue weighted by atomic mass is 32.2. The summed E-state index contributed by atoms with van der Waals surface area (Å²) in [5.74, 6) is 2.09. The minimum absolute atomic E-state index is 0.0995. The Morgan fingerprint density at radius 3 is 2.79 bits per heavy atom. The maximum atomic E-state index is 11.0. The summed E-state index contributed by atoms with van der Waals surface area (Å²) >= 11 is 1.64. The molecule has 2 N–H and O–H groups in total. The first-order valence-electron chi connectivity index (χ1n) is 6.13. The molecule has 0 aliphatic rings. The number of hydrogen-bond acceptors (Lipinski definition) is 5. The lowest BCUT2D eigenvalue weighted by Crippen LogP contribution is -2.15. The van der Waals surface area contributed by atoms with Crippen LogP contribution >= 0.6 is 11.8 Å². The molecule has 0 spiro atoms. The van der Waals surface area contributed by atoms with Gasteiger partial charge >= 0.3 is 5.97 Å². The zero-order chi connectivity index (χ0) is 14.3. The maximum Gasteiger partial charge on any atom is 0.306 e. The van der Waals surface area contributed by atoms with E-state index in [1.807, 2.05) is 25.1 Å². The Morgan fingerprint density at radius 2 is 2.16 bits per heavy atom. The SMILES string of the molecule is COC(=O)CCSCC(N)c1cc(C)ccc1OC. The van der Waals surface area contributed by atoms with Crippen molar-refractivity contribution in [3.05, 3.63) is 29.3 Å². The van der Waals surface area contributed by atoms with E-state index >= 15 is 0 Å². The van der Waals surface area contributed by atoms with Crippen LogP contribution in [-0.4, -0.2) is 31.7 Å². The summed E-state index contributed by atoms with van der Waals surface area (Å²) in [4.78, 5) is 11.0. The molecule has 0 fully saturated rings. The fourth-order valence-electron chi connectivity index (χ4n) is 1.70. The molecule has 1 aromatic rings. The van der Waals surface area contributed by atoms with Crippen LogP contribution in [-0.2, 0) is 9.53 Å². The van der Waals surface area contributed by atoms with Crippen molar-refractivity contribution in [3.8, 4) is 5.75 Å². The highest BCUT2D eigenvalue weighted by Gasteiger charge is 2.12. The van der Waals surface area contributed by atoms with E-state index in [1.54, 1.807) is 18.9 Å². The molecule has 0 bridgehead atoms. The van der Waals surface area contributed by atoms with Gasteiger partial charge in [0.2, 0.25) is 0 Å². The Bertz CT molecular complexity index is 423. The summed E-state index contributed by atoms with van der Waals surface area (Å²) in [7, 11) is 3.04. The van der Waals surface area contributed by atoms with Crippen molar-refractivity contribution < 1.29 is 14.3 Å². The number of methoxy groups -OCH3 is 2. The fraction of sp³-hybridized carbons (Fsp3) is 0.500. The predicted octanol–water partition coefficient (Wildman–Crippen LogP) is 2.30. The topological polar surface area (TPSA) is 61.5 Å². The molecule has 0 saturated carbocycles. The van der Waals surface area contributed by atoms with Gasteiger partial charge in [-0.05, 0) is 13.0 Å². The van der Waals surface area contributed by atoms with E-state index in [2.05, 4.69) is 4.74 Å². The minimum atomic E-state index is -0.186. The lowest BCUT2D eigenvalue weighted by Gasteiger charge is -2.16. The van der Waals surface area contributed by atoms with Crippen LogP contribution in [0.2, 0.25) is 0 Å². The van der Waals surface area contributed by atoms with Crippen molar-refractivity contribution in [2.24, 2.45) is 5.73 Å². The zero-order valence-electron chi connectivity index (χ0n) is 11.6. The third kappa shape index (κ3) is 5.12. The van der Waals surface area contributed by atoms with E-state index in [-0.39, 0.29) is 12.0 Å². The highest BCUT2D eigenvalue weighted by molar-refractivity contribution is 7.99. The monoisotopic (exact) mass is 283 g/mol. The molecule has 0 amide bonds. The van der Waals surface area contributed by atoms with Crippen LogP contribution in [0, 0.1) is 6.92 Å². The summed E-state index contributed by atoms with van der Waals surface area (Å²) in [6, 6.07) is 5.88. The quantitative estimate of drug-likeness (QED) is 0.614. The lowest BCUT2D eigenvalue weighted by molar-refractivity contribution is -0.140. The van der Waals surface area contributed by atoms with Crippen LogP contribution < -0.4 is 10.5 Å². The second-order valence-electron chi connectivity index (χ2n) is 4.25. The van der Waals surface area contributed by atoms with Gasteiger partial charge in [0, 0.05) is 23.1 Å². The molecule has 5 heteroatoms. The molecule has 0 aromatic heterocycles. The van der Waals surface area contributed by atoms with Gasteiger partial charge in [-0.3, -0.25) is 4.79 Å². The number of rotatable bonds is 7.